The number of hydrogen-bond donors (Lipinski definition) is 3. The summed E-state index contributed by atoms with van der Waals surface area (Å²) in [5.41, 5.74) is 0. The molecule has 0 aliphatic rings. The number of hydrogen-bond acceptors (Lipinski definition) is 13. The minimum Gasteiger partial charge on any atom is -0.442 e. The van der Waals surface area contributed by atoms with E-state index in [1.165, 1.54) is 14.2 Å². The summed E-state index contributed by atoms with van der Waals surface area (Å²) in [5.74, 6) is 0. The highest BCUT2D eigenvalue weighted by Crippen LogP contribution is 2.37. The Morgan fingerprint density at radius 3 is 1.48 bits per heavy atom. The Balaban J connectivity index is -0.000000237. The molecule has 2 atom stereocenters. The van der Waals surface area contributed by atoms with E-state index in [9.17, 15) is 13.7 Å². The monoisotopic (exact) mass is 746 g/mol. The smallest absolute Gasteiger partial charge is 0.442 e. The first-order chi connectivity index (χ1) is 18.8. The van der Waals surface area contributed by atoms with Gasteiger partial charge in [0.05, 0.1) is 25.4 Å². The maximum atomic E-state index is 11.2. The Hall–Kier alpha value is 1.25. The van der Waals surface area contributed by atoms with Crippen molar-refractivity contribution >= 4 is 82.5 Å². The maximum absolute atomic E-state index is 11.2. The summed E-state index contributed by atoms with van der Waals surface area (Å²) in [4.78, 5) is 24.4. The van der Waals surface area contributed by atoms with E-state index < -0.39 is 51.0 Å². The van der Waals surface area contributed by atoms with Crippen LogP contribution in [0.3, 0.4) is 0 Å². The standard InChI is InChI=1S/C6H18O5PSi2.C6H16O3PSi.C4H15O6PSi2.H4OSi/c1-4-10-12(7)5-6-14(8-2,9-3)11-13;1-3-8-10(7)5-6-11-9-4-2;1-8-13(9-2,10-12)4-3-11(5,6)7;1-2/h4-6H2,1-3,13H3;3-6,11H2,1-2H3;3-4H2,1-2,12H3,(H2,5,6,7);1H,2H3/q2*+1;;. The molecule has 0 fully saturated rings. The van der Waals surface area contributed by atoms with Gasteiger partial charge in [0.1, 0.15) is 31.5 Å². The zero-order valence-electron chi connectivity index (χ0n) is 25.7. The minimum atomic E-state index is -3.99. The summed E-state index contributed by atoms with van der Waals surface area (Å²) in [6.45, 7) is 7.45. The van der Waals surface area contributed by atoms with Crippen LogP contribution in [0, 0.1) is 0 Å². The second kappa shape index (κ2) is 31.7. The maximum Gasteiger partial charge on any atom is 0.508 e. The molecule has 0 heterocycles. The lowest BCUT2D eigenvalue weighted by Crippen LogP contribution is -2.43. The highest BCUT2D eigenvalue weighted by atomic mass is 31.2. The lowest BCUT2D eigenvalue weighted by Gasteiger charge is -2.24. The van der Waals surface area contributed by atoms with Gasteiger partial charge in [-0.25, -0.2) is 0 Å². The Morgan fingerprint density at radius 2 is 1.15 bits per heavy atom. The second-order valence-electron chi connectivity index (χ2n) is 6.98. The fourth-order valence-corrected chi connectivity index (χ4v) is 14.9. The van der Waals surface area contributed by atoms with E-state index in [1.54, 1.807) is 14.2 Å². The fourth-order valence-electron chi connectivity index (χ4n) is 2.48. The average molecular weight is 747 g/mol. The van der Waals surface area contributed by atoms with Gasteiger partial charge in [-0.05, 0) is 29.9 Å². The Morgan fingerprint density at radius 1 is 0.750 bits per heavy atom. The van der Waals surface area contributed by atoms with Crippen molar-refractivity contribution in [1.29, 1.82) is 0 Å². The van der Waals surface area contributed by atoms with Crippen LogP contribution in [0.2, 0.25) is 18.1 Å². The third kappa shape index (κ3) is 29.3. The van der Waals surface area contributed by atoms with Crippen molar-refractivity contribution in [3.05, 3.63) is 0 Å². The van der Waals surface area contributed by atoms with Gasteiger partial charge in [0.15, 0.2) is 22.1 Å². The molecule has 0 amide bonds. The number of rotatable bonds is 21. The molecule has 0 aliphatic heterocycles. The van der Waals surface area contributed by atoms with Crippen LogP contribution in [0.4, 0.5) is 0 Å². The highest BCUT2D eigenvalue weighted by Gasteiger charge is 2.40. The van der Waals surface area contributed by atoms with Gasteiger partial charge in [-0.1, -0.05) is 0 Å². The molecule has 0 saturated heterocycles. The first kappa shape index (κ1) is 48.2. The third-order valence-electron chi connectivity index (χ3n) is 4.56. The van der Waals surface area contributed by atoms with E-state index in [2.05, 4.69) is 0 Å². The lowest BCUT2D eigenvalue weighted by atomic mass is 10.9. The van der Waals surface area contributed by atoms with E-state index in [0.717, 1.165) is 12.7 Å². The molecule has 244 valence electrons. The molecule has 0 radical (unpaired) electrons. The topological polar surface area (TPSA) is 195 Å². The first-order valence-electron chi connectivity index (χ1n) is 12.4. The van der Waals surface area contributed by atoms with Gasteiger partial charge in [-0.15, -0.1) is 9.05 Å². The van der Waals surface area contributed by atoms with Gasteiger partial charge >= 0.3 is 41.3 Å². The molecule has 15 nitrogen and oxygen atoms in total. The van der Waals surface area contributed by atoms with E-state index in [4.69, 9.17) is 54.0 Å². The summed E-state index contributed by atoms with van der Waals surface area (Å²) in [6.07, 6.45) is 0.845. The molecule has 0 aromatic carbocycles. The molecule has 0 spiro atoms. The zero-order chi connectivity index (χ0) is 32.1. The second-order valence-corrected chi connectivity index (χ2v) is 21.7. The van der Waals surface area contributed by atoms with Crippen LogP contribution in [0.15, 0.2) is 0 Å². The Kier molecular flexibility index (Phi) is 38.1. The minimum absolute atomic E-state index is 0.147. The summed E-state index contributed by atoms with van der Waals surface area (Å²) < 4.78 is 78.7. The fraction of sp³-hybridized carbons (Fsp3) is 1.00. The van der Waals surface area contributed by atoms with E-state index in [0.29, 0.717) is 63.0 Å². The molecule has 0 saturated carbocycles. The summed E-state index contributed by atoms with van der Waals surface area (Å²) in [7, 11) is -5.42. The molecule has 3 N–H and O–H groups in total. The molecular formula is C16H53O15P3Si6+2. The molecular weight excluding hydrogens is 694 g/mol. The molecule has 24 heteroatoms. The van der Waals surface area contributed by atoms with Crippen LogP contribution in [0.5, 0.6) is 0 Å². The predicted molar refractivity (Wildman–Crippen MR) is 173 cm³/mol. The molecule has 0 aliphatic carbocycles. The van der Waals surface area contributed by atoms with Gasteiger partial charge in [0.25, 0.3) is 0 Å². The van der Waals surface area contributed by atoms with Crippen molar-refractivity contribution in [2.45, 2.75) is 38.9 Å². The van der Waals surface area contributed by atoms with E-state index in [1.807, 2.05) is 20.8 Å². The molecule has 40 heavy (non-hydrogen) atoms. The quantitative estimate of drug-likeness (QED) is 0.0701. The van der Waals surface area contributed by atoms with Crippen LogP contribution >= 0.6 is 23.7 Å². The molecule has 2 unspecified atom stereocenters. The van der Waals surface area contributed by atoms with Crippen molar-refractivity contribution in [1.82, 2.24) is 0 Å². The first-order valence-corrected chi connectivity index (χ1v) is 24.9. The van der Waals surface area contributed by atoms with Crippen molar-refractivity contribution in [2.75, 3.05) is 66.7 Å². The van der Waals surface area contributed by atoms with Crippen LogP contribution in [-0.4, -0.2) is 140 Å². The van der Waals surface area contributed by atoms with Crippen molar-refractivity contribution < 1.29 is 67.7 Å². The van der Waals surface area contributed by atoms with Crippen molar-refractivity contribution in [3.63, 3.8) is 0 Å². The summed E-state index contributed by atoms with van der Waals surface area (Å²) >= 11 is 0. The van der Waals surface area contributed by atoms with Gasteiger partial charge in [-0.2, -0.15) is 0 Å². The van der Waals surface area contributed by atoms with Crippen molar-refractivity contribution in [3.8, 4) is 0 Å². The SMILES string of the molecule is CCO[P+](=O)CC[Si](OC)(OC)O[SiH3].CCO[SiH2]CC[P+](=O)OCC.CO[Si](CCP(=O)(O)O)(OC)O[SiH3].O[SiH3]. The van der Waals surface area contributed by atoms with Gasteiger partial charge in [0, 0.05) is 47.1 Å². The summed E-state index contributed by atoms with van der Waals surface area (Å²) in [6, 6.07) is 1.65. The zero-order valence-corrected chi connectivity index (χ0v) is 37.8. The largest absolute Gasteiger partial charge is 0.508 e. The van der Waals surface area contributed by atoms with E-state index >= 15 is 0 Å². The van der Waals surface area contributed by atoms with Crippen LogP contribution < -0.4 is 0 Å². The predicted octanol–water partition coefficient (Wildman–Crippen LogP) is -1.45. The van der Waals surface area contributed by atoms with Crippen LogP contribution in [0.25, 0.3) is 0 Å². The molecule has 0 rings (SSSR count). The van der Waals surface area contributed by atoms with Gasteiger partial charge in [0.2, 0.25) is 0 Å². The normalized spacial score (nSPS) is 12.8. The highest BCUT2D eigenvalue weighted by molar-refractivity contribution is 7.51. The molecule has 0 aromatic rings. The average Bonchev–Trinajstić information content (AvgIpc) is 2.95. The van der Waals surface area contributed by atoms with Gasteiger partial charge in [-0.3, -0.25) is 4.57 Å². The van der Waals surface area contributed by atoms with Gasteiger partial charge < -0.3 is 44.9 Å². The lowest BCUT2D eigenvalue weighted by molar-refractivity contribution is 0.167. The molecule has 0 bridgehead atoms. The van der Waals surface area contributed by atoms with Crippen LogP contribution in [0.1, 0.15) is 20.8 Å². The van der Waals surface area contributed by atoms with Crippen LogP contribution in [-0.2, 0) is 53.1 Å². The van der Waals surface area contributed by atoms with E-state index in [-0.39, 0.29) is 12.2 Å². The van der Waals surface area contributed by atoms with Crippen molar-refractivity contribution in [2.24, 2.45) is 0 Å². The molecule has 0 aromatic heterocycles. The third-order valence-corrected chi connectivity index (χ3v) is 19.7. The summed E-state index contributed by atoms with van der Waals surface area (Å²) in [5, 5.41) is 0. The Labute approximate surface area is 255 Å². The Bertz CT molecular complexity index is 629.